The molecular formula is C10H19N3S. The standard InChI is InChI=1S/C10H19N3S/c1-7(2)12-10-13-8(3)9(14-10)5-6-11-4/h7,11H,5-6H2,1-4H3,(H,12,13). The quantitative estimate of drug-likeness (QED) is 0.786. The zero-order valence-electron chi connectivity index (χ0n) is 9.35. The van der Waals surface area contributed by atoms with Gasteiger partial charge in [0.2, 0.25) is 0 Å². The van der Waals surface area contributed by atoms with Gasteiger partial charge in [0.15, 0.2) is 5.13 Å². The lowest BCUT2D eigenvalue weighted by Gasteiger charge is -2.04. The van der Waals surface area contributed by atoms with Crippen LogP contribution in [0.3, 0.4) is 0 Å². The summed E-state index contributed by atoms with van der Waals surface area (Å²) in [6.07, 6.45) is 1.07. The van der Waals surface area contributed by atoms with Gasteiger partial charge in [-0.25, -0.2) is 4.98 Å². The van der Waals surface area contributed by atoms with Gasteiger partial charge in [-0.2, -0.15) is 0 Å². The van der Waals surface area contributed by atoms with Crippen LogP contribution in [0.15, 0.2) is 0 Å². The normalized spacial score (nSPS) is 10.9. The summed E-state index contributed by atoms with van der Waals surface area (Å²) in [4.78, 5) is 5.86. The molecule has 0 aliphatic carbocycles. The molecule has 0 atom stereocenters. The van der Waals surface area contributed by atoms with E-state index in [1.807, 2.05) is 7.05 Å². The number of aromatic nitrogens is 1. The van der Waals surface area contributed by atoms with Crippen LogP contribution in [0.1, 0.15) is 24.4 Å². The van der Waals surface area contributed by atoms with Crippen molar-refractivity contribution in [2.24, 2.45) is 0 Å². The average molecular weight is 213 g/mol. The third-order valence-corrected chi connectivity index (χ3v) is 3.06. The molecule has 4 heteroatoms. The lowest BCUT2D eigenvalue weighted by Crippen LogP contribution is -2.09. The first kappa shape index (κ1) is 11.5. The fourth-order valence-electron chi connectivity index (χ4n) is 1.21. The van der Waals surface area contributed by atoms with Crippen molar-refractivity contribution in [1.82, 2.24) is 10.3 Å². The minimum atomic E-state index is 0.456. The molecule has 0 unspecified atom stereocenters. The number of anilines is 1. The minimum absolute atomic E-state index is 0.456. The Morgan fingerprint density at radius 2 is 2.14 bits per heavy atom. The number of nitrogens with zero attached hydrogens (tertiary/aromatic N) is 1. The van der Waals surface area contributed by atoms with Crippen molar-refractivity contribution < 1.29 is 0 Å². The van der Waals surface area contributed by atoms with Gasteiger partial charge in [-0.05, 0) is 40.8 Å². The Bertz CT molecular complexity index is 281. The Labute approximate surface area is 89.9 Å². The maximum Gasteiger partial charge on any atom is 0.183 e. The van der Waals surface area contributed by atoms with Gasteiger partial charge in [0.25, 0.3) is 0 Å². The lowest BCUT2D eigenvalue weighted by molar-refractivity contribution is 0.794. The molecule has 0 aromatic carbocycles. The van der Waals surface area contributed by atoms with Crippen LogP contribution in [-0.4, -0.2) is 24.6 Å². The first-order chi connectivity index (χ1) is 6.63. The van der Waals surface area contributed by atoms with Gasteiger partial charge in [0.05, 0.1) is 5.69 Å². The van der Waals surface area contributed by atoms with E-state index in [1.54, 1.807) is 11.3 Å². The van der Waals surface area contributed by atoms with Gasteiger partial charge >= 0.3 is 0 Å². The van der Waals surface area contributed by atoms with Crippen LogP contribution in [-0.2, 0) is 6.42 Å². The first-order valence-corrected chi connectivity index (χ1v) is 5.82. The van der Waals surface area contributed by atoms with Gasteiger partial charge in [-0.1, -0.05) is 0 Å². The summed E-state index contributed by atoms with van der Waals surface area (Å²) < 4.78 is 0. The highest BCUT2D eigenvalue weighted by Crippen LogP contribution is 2.23. The summed E-state index contributed by atoms with van der Waals surface area (Å²) in [6, 6.07) is 0.456. The van der Waals surface area contributed by atoms with E-state index in [9.17, 15) is 0 Å². The summed E-state index contributed by atoms with van der Waals surface area (Å²) >= 11 is 1.77. The van der Waals surface area contributed by atoms with Crippen molar-refractivity contribution in [1.29, 1.82) is 0 Å². The highest BCUT2D eigenvalue weighted by atomic mass is 32.1. The number of nitrogens with one attached hydrogen (secondary N) is 2. The Kier molecular flexibility index (Phi) is 4.35. The topological polar surface area (TPSA) is 37.0 Å². The van der Waals surface area contributed by atoms with Crippen LogP contribution in [0, 0.1) is 6.92 Å². The summed E-state index contributed by atoms with van der Waals surface area (Å²) in [5, 5.41) is 7.53. The van der Waals surface area contributed by atoms with Crippen molar-refractivity contribution in [2.75, 3.05) is 18.9 Å². The summed E-state index contributed by atoms with van der Waals surface area (Å²) in [5.74, 6) is 0. The van der Waals surface area contributed by atoms with E-state index < -0.39 is 0 Å². The summed E-state index contributed by atoms with van der Waals surface area (Å²) in [7, 11) is 1.98. The van der Waals surface area contributed by atoms with E-state index in [1.165, 1.54) is 4.88 Å². The van der Waals surface area contributed by atoms with Gasteiger partial charge in [-0.15, -0.1) is 11.3 Å². The van der Waals surface area contributed by atoms with Gasteiger partial charge < -0.3 is 10.6 Å². The van der Waals surface area contributed by atoms with E-state index >= 15 is 0 Å². The SMILES string of the molecule is CNCCc1sc(NC(C)C)nc1C. The fraction of sp³-hybridized carbons (Fsp3) is 0.700. The predicted molar refractivity (Wildman–Crippen MR) is 63.2 cm³/mol. The molecular weight excluding hydrogens is 194 g/mol. The van der Waals surface area contributed by atoms with Crippen molar-refractivity contribution in [3.05, 3.63) is 10.6 Å². The Morgan fingerprint density at radius 3 is 2.71 bits per heavy atom. The van der Waals surface area contributed by atoms with Gasteiger partial charge in [0, 0.05) is 10.9 Å². The van der Waals surface area contributed by atoms with E-state index in [-0.39, 0.29) is 0 Å². The zero-order valence-corrected chi connectivity index (χ0v) is 10.2. The molecule has 0 fully saturated rings. The molecule has 1 rings (SSSR count). The number of rotatable bonds is 5. The Morgan fingerprint density at radius 1 is 1.43 bits per heavy atom. The predicted octanol–water partition coefficient (Wildman–Crippen LogP) is 2.03. The minimum Gasteiger partial charge on any atom is -0.359 e. The number of likely N-dealkylation sites (N-methyl/N-ethyl adjacent to an activating group) is 1. The second-order valence-electron chi connectivity index (χ2n) is 3.68. The molecule has 2 N–H and O–H groups in total. The molecule has 0 saturated heterocycles. The van der Waals surface area contributed by atoms with Crippen molar-refractivity contribution >= 4 is 16.5 Å². The smallest absolute Gasteiger partial charge is 0.183 e. The highest BCUT2D eigenvalue weighted by molar-refractivity contribution is 7.15. The maximum atomic E-state index is 4.48. The van der Waals surface area contributed by atoms with Crippen LogP contribution in [0.4, 0.5) is 5.13 Å². The Balaban J connectivity index is 2.62. The molecule has 0 amide bonds. The highest BCUT2D eigenvalue weighted by Gasteiger charge is 2.07. The fourth-order valence-corrected chi connectivity index (χ4v) is 2.32. The molecule has 14 heavy (non-hydrogen) atoms. The van der Waals surface area contributed by atoms with Crippen LogP contribution in [0.5, 0.6) is 0 Å². The first-order valence-electron chi connectivity index (χ1n) is 5.01. The third kappa shape index (κ3) is 3.27. The van der Waals surface area contributed by atoms with Crippen molar-refractivity contribution in [2.45, 2.75) is 33.2 Å². The van der Waals surface area contributed by atoms with E-state index in [0.29, 0.717) is 6.04 Å². The van der Waals surface area contributed by atoms with Gasteiger partial charge in [0.1, 0.15) is 0 Å². The number of aryl methyl sites for hydroxylation is 1. The average Bonchev–Trinajstić information content (AvgIpc) is 2.41. The largest absolute Gasteiger partial charge is 0.359 e. The van der Waals surface area contributed by atoms with E-state index in [4.69, 9.17) is 0 Å². The van der Waals surface area contributed by atoms with E-state index in [0.717, 1.165) is 23.8 Å². The van der Waals surface area contributed by atoms with Crippen LogP contribution >= 0.6 is 11.3 Å². The number of thiazole rings is 1. The Hall–Kier alpha value is -0.610. The molecule has 0 radical (unpaired) electrons. The number of hydrogen-bond acceptors (Lipinski definition) is 4. The molecule has 1 aromatic rings. The molecule has 80 valence electrons. The van der Waals surface area contributed by atoms with Crippen molar-refractivity contribution in [3.8, 4) is 0 Å². The second-order valence-corrected chi connectivity index (χ2v) is 4.76. The molecule has 1 heterocycles. The summed E-state index contributed by atoms with van der Waals surface area (Å²) in [6.45, 7) is 7.35. The molecule has 0 saturated carbocycles. The molecule has 0 aliphatic rings. The van der Waals surface area contributed by atoms with Crippen LogP contribution < -0.4 is 10.6 Å². The molecule has 0 spiro atoms. The zero-order chi connectivity index (χ0) is 10.6. The third-order valence-electron chi connectivity index (χ3n) is 1.91. The van der Waals surface area contributed by atoms with Crippen LogP contribution in [0.2, 0.25) is 0 Å². The summed E-state index contributed by atoms with van der Waals surface area (Å²) in [5.41, 5.74) is 1.16. The maximum absolute atomic E-state index is 4.48. The second kappa shape index (κ2) is 5.32. The monoisotopic (exact) mass is 213 g/mol. The lowest BCUT2D eigenvalue weighted by atomic mass is 10.3. The van der Waals surface area contributed by atoms with Gasteiger partial charge in [-0.3, -0.25) is 0 Å². The molecule has 3 nitrogen and oxygen atoms in total. The van der Waals surface area contributed by atoms with Crippen LogP contribution in [0.25, 0.3) is 0 Å². The van der Waals surface area contributed by atoms with Crippen molar-refractivity contribution in [3.63, 3.8) is 0 Å². The number of hydrogen-bond donors (Lipinski definition) is 2. The molecule has 0 aliphatic heterocycles. The van der Waals surface area contributed by atoms with E-state index in [2.05, 4.69) is 36.4 Å². The molecule has 1 aromatic heterocycles. The molecule has 0 bridgehead atoms.